The Morgan fingerprint density at radius 1 is 1.08 bits per heavy atom. The van der Waals surface area contributed by atoms with E-state index in [1.165, 1.54) is 0 Å². The summed E-state index contributed by atoms with van der Waals surface area (Å²) in [7, 11) is 1.62. The number of rotatable bonds is 8. The van der Waals surface area contributed by atoms with Crippen LogP contribution in [0.4, 0.5) is 10.5 Å². The molecule has 134 valence electrons. The molecular formula is C20H26N2O3. The number of anilines is 1. The van der Waals surface area contributed by atoms with Gasteiger partial charge in [-0.3, -0.25) is 0 Å². The van der Waals surface area contributed by atoms with Gasteiger partial charge in [0.2, 0.25) is 0 Å². The molecule has 2 aromatic rings. The van der Waals surface area contributed by atoms with Crippen molar-refractivity contribution in [2.75, 3.05) is 19.0 Å². The van der Waals surface area contributed by atoms with Gasteiger partial charge in [-0.1, -0.05) is 38.1 Å². The Morgan fingerprint density at radius 3 is 2.52 bits per heavy atom. The van der Waals surface area contributed by atoms with Gasteiger partial charge in [0.05, 0.1) is 13.7 Å². The number of urea groups is 1. The zero-order valence-corrected chi connectivity index (χ0v) is 15.0. The minimum absolute atomic E-state index is 0.248. The molecule has 0 unspecified atom stereocenters. The SMILES string of the molecule is COc1cc(CNC(=O)Nc2ccccc2)ccc1OCCC(C)C. The fourth-order valence-electron chi connectivity index (χ4n) is 2.22. The topological polar surface area (TPSA) is 59.6 Å². The highest BCUT2D eigenvalue weighted by Gasteiger charge is 2.08. The third kappa shape index (κ3) is 6.37. The molecule has 5 nitrogen and oxygen atoms in total. The maximum Gasteiger partial charge on any atom is 0.319 e. The lowest BCUT2D eigenvalue weighted by Crippen LogP contribution is -2.28. The molecule has 5 heteroatoms. The summed E-state index contributed by atoms with van der Waals surface area (Å²) in [6, 6.07) is 14.8. The molecule has 0 aliphatic heterocycles. The second kappa shape index (κ2) is 9.57. The molecule has 0 aliphatic rings. The van der Waals surface area contributed by atoms with Crippen molar-refractivity contribution in [3.8, 4) is 11.5 Å². The van der Waals surface area contributed by atoms with Crippen LogP contribution < -0.4 is 20.1 Å². The second-order valence-electron chi connectivity index (χ2n) is 6.19. The molecule has 0 aromatic heterocycles. The first kappa shape index (κ1) is 18.6. The van der Waals surface area contributed by atoms with Gasteiger partial charge in [-0.05, 0) is 42.2 Å². The third-order valence-electron chi connectivity index (χ3n) is 3.67. The quantitative estimate of drug-likeness (QED) is 0.745. The summed E-state index contributed by atoms with van der Waals surface area (Å²) >= 11 is 0. The van der Waals surface area contributed by atoms with E-state index < -0.39 is 0 Å². The van der Waals surface area contributed by atoms with Crippen LogP contribution in [0.2, 0.25) is 0 Å². The highest BCUT2D eigenvalue weighted by molar-refractivity contribution is 5.89. The lowest BCUT2D eigenvalue weighted by Gasteiger charge is -2.13. The van der Waals surface area contributed by atoms with E-state index in [2.05, 4.69) is 24.5 Å². The molecular weight excluding hydrogens is 316 g/mol. The Balaban J connectivity index is 1.88. The van der Waals surface area contributed by atoms with Crippen LogP contribution in [0.1, 0.15) is 25.8 Å². The molecule has 0 spiro atoms. The van der Waals surface area contributed by atoms with Gasteiger partial charge in [0, 0.05) is 12.2 Å². The molecule has 2 N–H and O–H groups in total. The molecule has 0 aliphatic carbocycles. The number of carbonyl (C=O) groups excluding carboxylic acids is 1. The predicted octanol–water partition coefficient (Wildman–Crippen LogP) is 4.44. The largest absolute Gasteiger partial charge is 0.493 e. The highest BCUT2D eigenvalue weighted by Crippen LogP contribution is 2.28. The zero-order chi connectivity index (χ0) is 18.1. The van der Waals surface area contributed by atoms with Crippen molar-refractivity contribution in [3.05, 3.63) is 54.1 Å². The minimum atomic E-state index is -0.248. The van der Waals surface area contributed by atoms with Crippen molar-refractivity contribution < 1.29 is 14.3 Å². The van der Waals surface area contributed by atoms with Crippen molar-refractivity contribution in [1.82, 2.24) is 5.32 Å². The predicted molar refractivity (Wildman–Crippen MR) is 100 cm³/mol. The normalized spacial score (nSPS) is 10.4. The highest BCUT2D eigenvalue weighted by atomic mass is 16.5. The Morgan fingerprint density at radius 2 is 1.84 bits per heavy atom. The van der Waals surface area contributed by atoms with Crippen LogP contribution in [0.15, 0.2) is 48.5 Å². The number of para-hydroxylation sites is 1. The third-order valence-corrected chi connectivity index (χ3v) is 3.67. The minimum Gasteiger partial charge on any atom is -0.493 e. The molecule has 25 heavy (non-hydrogen) atoms. The molecule has 0 fully saturated rings. The molecule has 2 amide bonds. The number of ether oxygens (including phenoxy) is 2. The van der Waals surface area contributed by atoms with E-state index in [0.29, 0.717) is 24.8 Å². The van der Waals surface area contributed by atoms with Crippen molar-refractivity contribution in [1.29, 1.82) is 0 Å². The smallest absolute Gasteiger partial charge is 0.319 e. The summed E-state index contributed by atoms with van der Waals surface area (Å²) in [4.78, 5) is 11.9. The summed E-state index contributed by atoms with van der Waals surface area (Å²) in [5.41, 5.74) is 1.70. The van der Waals surface area contributed by atoms with Crippen LogP contribution in [0, 0.1) is 5.92 Å². The molecule has 2 rings (SSSR count). The van der Waals surface area contributed by atoms with Gasteiger partial charge in [0.25, 0.3) is 0 Å². The Hall–Kier alpha value is -2.69. The van der Waals surface area contributed by atoms with Crippen LogP contribution in [0.5, 0.6) is 11.5 Å². The number of carbonyl (C=O) groups is 1. The van der Waals surface area contributed by atoms with E-state index in [4.69, 9.17) is 9.47 Å². The first-order chi connectivity index (χ1) is 12.1. The first-order valence-corrected chi connectivity index (χ1v) is 8.48. The van der Waals surface area contributed by atoms with E-state index >= 15 is 0 Å². The average molecular weight is 342 g/mol. The number of amides is 2. The van der Waals surface area contributed by atoms with E-state index in [9.17, 15) is 4.79 Å². The monoisotopic (exact) mass is 342 g/mol. The lowest BCUT2D eigenvalue weighted by atomic mass is 10.1. The van der Waals surface area contributed by atoms with Crippen molar-refractivity contribution in [2.45, 2.75) is 26.8 Å². The fourth-order valence-corrected chi connectivity index (χ4v) is 2.22. The number of benzene rings is 2. The Kier molecular flexibility index (Phi) is 7.14. The van der Waals surface area contributed by atoms with Crippen LogP contribution >= 0.6 is 0 Å². The van der Waals surface area contributed by atoms with E-state index in [0.717, 1.165) is 23.4 Å². The number of hydrogen-bond acceptors (Lipinski definition) is 3. The molecule has 2 aromatic carbocycles. The molecule has 0 radical (unpaired) electrons. The number of methoxy groups -OCH3 is 1. The summed E-state index contributed by atoms with van der Waals surface area (Å²) in [6.45, 7) is 5.39. The standard InChI is InChI=1S/C20H26N2O3/c1-15(2)11-12-25-18-10-9-16(13-19(18)24-3)14-21-20(23)22-17-7-5-4-6-8-17/h4-10,13,15H,11-12,14H2,1-3H3,(H2,21,22,23). The average Bonchev–Trinajstić information content (AvgIpc) is 2.61. The summed E-state index contributed by atoms with van der Waals surface area (Å²) < 4.78 is 11.2. The Bertz CT molecular complexity index is 672. The van der Waals surface area contributed by atoms with Crippen LogP contribution in [0.25, 0.3) is 0 Å². The maximum atomic E-state index is 11.9. The van der Waals surface area contributed by atoms with Gasteiger partial charge in [-0.15, -0.1) is 0 Å². The van der Waals surface area contributed by atoms with Gasteiger partial charge in [-0.2, -0.15) is 0 Å². The van der Waals surface area contributed by atoms with Gasteiger partial charge in [-0.25, -0.2) is 4.79 Å². The van der Waals surface area contributed by atoms with Gasteiger partial charge in [0.1, 0.15) is 0 Å². The van der Waals surface area contributed by atoms with Crippen LogP contribution in [-0.2, 0) is 6.54 Å². The number of nitrogens with one attached hydrogen (secondary N) is 2. The van der Waals surface area contributed by atoms with Crippen molar-refractivity contribution in [2.24, 2.45) is 5.92 Å². The molecule has 0 bridgehead atoms. The van der Waals surface area contributed by atoms with Gasteiger partial charge >= 0.3 is 6.03 Å². The lowest BCUT2D eigenvalue weighted by molar-refractivity contribution is 0.251. The van der Waals surface area contributed by atoms with Crippen molar-refractivity contribution >= 4 is 11.7 Å². The summed E-state index contributed by atoms with van der Waals surface area (Å²) in [5, 5.41) is 5.61. The zero-order valence-electron chi connectivity index (χ0n) is 15.0. The maximum absolute atomic E-state index is 11.9. The summed E-state index contributed by atoms with van der Waals surface area (Å²) in [6.07, 6.45) is 0.992. The second-order valence-corrected chi connectivity index (χ2v) is 6.19. The molecule has 0 saturated heterocycles. The van der Waals surface area contributed by atoms with Crippen LogP contribution in [-0.4, -0.2) is 19.7 Å². The van der Waals surface area contributed by atoms with Gasteiger partial charge in [0.15, 0.2) is 11.5 Å². The van der Waals surface area contributed by atoms with Crippen molar-refractivity contribution in [3.63, 3.8) is 0 Å². The van der Waals surface area contributed by atoms with Crippen LogP contribution in [0.3, 0.4) is 0 Å². The number of hydrogen-bond donors (Lipinski definition) is 2. The molecule has 0 saturated carbocycles. The Labute approximate surface area is 149 Å². The molecule has 0 atom stereocenters. The van der Waals surface area contributed by atoms with Gasteiger partial charge < -0.3 is 20.1 Å². The van der Waals surface area contributed by atoms with E-state index in [1.807, 2.05) is 48.5 Å². The molecule has 0 heterocycles. The fraction of sp³-hybridized carbons (Fsp3) is 0.350. The van der Waals surface area contributed by atoms with E-state index in [1.54, 1.807) is 7.11 Å². The van der Waals surface area contributed by atoms with E-state index in [-0.39, 0.29) is 6.03 Å². The first-order valence-electron chi connectivity index (χ1n) is 8.48. The summed E-state index contributed by atoms with van der Waals surface area (Å²) in [5.74, 6) is 1.99.